The zero-order valence-corrected chi connectivity index (χ0v) is 9.87. The summed E-state index contributed by atoms with van der Waals surface area (Å²) in [5.74, 6) is 4.29. The minimum absolute atomic E-state index is 0.0404. The molecule has 0 aromatic carbocycles. The first kappa shape index (κ1) is 12.2. The molecule has 0 aliphatic rings. The number of nitrogens with zero attached hydrogens (tertiary/aromatic N) is 2. The number of methoxy groups -OCH3 is 1. The number of carbonyl (C=O) groups is 1. The molecule has 0 amide bonds. The maximum absolute atomic E-state index is 10.8. The van der Waals surface area contributed by atoms with Crippen LogP contribution < -0.4 is 0 Å². The zero-order chi connectivity index (χ0) is 12.2. The topological polar surface area (TPSA) is 52.1 Å². The molecule has 0 fully saturated rings. The Morgan fingerprint density at radius 2 is 2.00 bits per heavy atom. The Morgan fingerprint density at radius 3 is 2.44 bits per heavy atom. The van der Waals surface area contributed by atoms with E-state index in [1.54, 1.807) is 6.07 Å². The smallest absolute Gasteiger partial charge is 0.384 e. The van der Waals surface area contributed by atoms with E-state index in [-0.39, 0.29) is 5.41 Å². The number of rotatable bonds is 0. The molecule has 0 aliphatic heterocycles. The predicted octanol–water partition coefficient (Wildman–Crippen LogP) is 1.30. The standard InChI is InChI=1S/C12H14N2O2/c1-12(2,3)10-7-5-9(13-14-10)6-8-11(15)16-4/h5,7H,1-4H3. The van der Waals surface area contributed by atoms with Crippen molar-refractivity contribution in [3.8, 4) is 11.8 Å². The van der Waals surface area contributed by atoms with Crippen LogP contribution >= 0.6 is 0 Å². The molecule has 1 heterocycles. The van der Waals surface area contributed by atoms with Gasteiger partial charge < -0.3 is 4.74 Å². The van der Waals surface area contributed by atoms with Gasteiger partial charge in [0.05, 0.1) is 12.8 Å². The van der Waals surface area contributed by atoms with Crippen molar-refractivity contribution in [2.75, 3.05) is 7.11 Å². The third-order valence-electron chi connectivity index (χ3n) is 1.91. The van der Waals surface area contributed by atoms with Gasteiger partial charge in [0.15, 0.2) is 0 Å². The van der Waals surface area contributed by atoms with Gasteiger partial charge in [0.25, 0.3) is 0 Å². The lowest BCUT2D eigenvalue weighted by Crippen LogP contribution is -2.14. The Balaban J connectivity index is 2.87. The highest BCUT2D eigenvalue weighted by atomic mass is 16.5. The van der Waals surface area contributed by atoms with Crippen LogP contribution in [0.1, 0.15) is 32.2 Å². The molecule has 0 N–H and O–H groups in total. The zero-order valence-electron chi connectivity index (χ0n) is 9.87. The summed E-state index contributed by atoms with van der Waals surface area (Å²) in [4.78, 5) is 10.8. The number of carbonyl (C=O) groups excluding carboxylic acids is 1. The fourth-order valence-electron chi connectivity index (χ4n) is 0.965. The van der Waals surface area contributed by atoms with Gasteiger partial charge in [-0.25, -0.2) is 4.79 Å². The van der Waals surface area contributed by atoms with Crippen LogP contribution in [-0.2, 0) is 14.9 Å². The Bertz CT molecular complexity index is 433. The van der Waals surface area contributed by atoms with E-state index in [4.69, 9.17) is 0 Å². The summed E-state index contributed by atoms with van der Waals surface area (Å²) in [6.07, 6.45) is 0. The van der Waals surface area contributed by atoms with Gasteiger partial charge in [-0.2, -0.15) is 5.10 Å². The summed E-state index contributed by atoms with van der Waals surface area (Å²) in [5.41, 5.74) is 1.30. The Hall–Kier alpha value is -1.89. The van der Waals surface area contributed by atoms with E-state index in [1.165, 1.54) is 7.11 Å². The molecule has 0 bridgehead atoms. The Labute approximate surface area is 95.0 Å². The summed E-state index contributed by atoms with van der Waals surface area (Å²) < 4.78 is 4.39. The summed E-state index contributed by atoms with van der Waals surface area (Å²) in [7, 11) is 1.28. The average Bonchev–Trinajstić information content (AvgIpc) is 2.25. The van der Waals surface area contributed by atoms with Crippen LogP contribution in [0.2, 0.25) is 0 Å². The first-order chi connectivity index (χ1) is 7.43. The van der Waals surface area contributed by atoms with E-state index < -0.39 is 5.97 Å². The number of aromatic nitrogens is 2. The van der Waals surface area contributed by atoms with Crippen LogP contribution in [0, 0.1) is 11.8 Å². The van der Waals surface area contributed by atoms with Crippen molar-refractivity contribution >= 4 is 5.97 Å². The molecule has 0 radical (unpaired) electrons. The second-order valence-electron chi connectivity index (χ2n) is 4.30. The van der Waals surface area contributed by atoms with Crippen molar-refractivity contribution < 1.29 is 9.53 Å². The van der Waals surface area contributed by atoms with E-state index in [0.29, 0.717) is 5.69 Å². The molecule has 0 saturated heterocycles. The predicted molar refractivity (Wildman–Crippen MR) is 59.6 cm³/mol. The van der Waals surface area contributed by atoms with Crippen LogP contribution in [0.15, 0.2) is 12.1 Å². The molecule has 0 unspecified atom stereocenters. The Morgan fingerprint density at radius 1 is 1.31 bits per heavy atom. The number of esters is 1. The summed E-state index contributed by atoms with van der Waals surface area (Å²) >= 11 is 0. The highest BCUT2D eigenvalue weighted by molar-refractivity contribution is 5.88. The van der Waals surface area contributed by atoms with Crippen molar-refractivity contribution in [2.45, 2.75) is 26.2 Å². The van der Waals surface area contributed by atoms with E-state index in [1.807, 2.05) is 6.07 Å². The second kappa shape index (κ2) is 4.75. The summed E-state index contributed by atoms with van der Waals surface area (Å²) in [5, 5.41) is 7.97. The molecule has 0 atom stereocenters. The highest BCUT2D eigenvalue weighted by Crippen LogP contribution is 2.18. The Kier molecular flexibility index (Phi) is 3.62. The lowest BCUT2D eigenvalue weighted by atomic mass is 9.92. The van der Waals surface area contributed by atoms with E-state index in [2.05, 4.69) is 47.5 Å². The van der Waals surface area contributed by atoms with Gasteiger partial charge >= 0.3 is 5.97 Å². The maximum Gasteiger partial charge on any atom is 0.384 e. The van der Waals surface area contributed by atoms with Crippen molar-refractivity contribution in [3.05, 3.63) is 23.5 Å². The first-order valence-electron chi connectivity index (χ1n) is 4.87. The van der Waals surface area contributed by atoms with Crippen LogP contribution in [0.3, 0.4) is 0 Å². The van der Waals surface area contributed by atoms with Gasteiger partial charge in [-0.1, -0.05) is 20.8 Å². The van der Waals surface area contributed by atoms with Gasteiger partial charge in [-0.05, 0) is 18.1 Å². The molecular formula is C12H14N2O2. The number of ether oxygens (including phenoxy) is 1. The van der Waals surface area contributed by atoms with Gasteiger partial charge in [-0.15, -0.1) is 5.10 Å². The third kappa shape index (κ3) is 3.35. The molecule has 16 heavy (non-hydrogen) atoms. The van der Waals surface area contributed by atoms with Crippen molar-refractivity contribution in [1.82, 2.24) is 10.2 Å². The fourth-order valence-corrected chi connectivity index (χ4v) is 0.965. The quantitative estimate of drug-likeness (QED) is 0.486. The van der Waals surface area contributed by atoms with Crippen molar-refractivity contribution in [2.24, 2.45) is 0 Å². The van der Waals surface area contributed by atoms with Crippen LogP contribution in [-0.4, -0.2) is 23.3 Å². The van der Waals surface area contributed by atoms with Crippen LogP contribution in [0.25, 0.3) is 0 Å². The largest absolute Gasteiger partial charge is 0.459 e. The third-order valence-corrected chi connectivity index (χ3v) is 1.91. The monoisotopic (exact) mass is 218 g/mol. The van der Waals surface area contributed by atoms with E-state index >= 15 is 0 Å². The van der Waals surface area contributed by atoms with E-state index in [0.717, 1.165) is 5.69 Å². The first-order valence-corrected chi connectivity index (χ1v) is 4.87. The van der Waals surface area contributed by atoms with E-state index in [9.17, 15) is 4.79 Å². The molecule has 1 aromatic rings. The highest BCUT2D eigenvalue weighted by Gasteiger charge is 2.15. The fraction of sp³-hybridized carbons (Fsp3) is 0.417. The SMILES string of the molecule is COC(=O)C#Cc1ccc(C(C)(C)C)nn1. The normalized spacial score (nSPS) is 10.2. The van der Waals surface area contributed by atoms with Crippen molar-refractivity contribution in [3.63, 3.8) is 0 Å². The number of hydrogen-bond donors (Lipinski definition) is 0. The van der Waals surface area contributed by atoms with Crippen molar-refractivity contribution in [1.29, 1.82) is 0 Å². The molecule has 0 saturated carbocycles. The van der Waals surface area contributed by atoms with Gasteiger partial charge in [0.1, 0.15) is 5.69 Å². The summed E-state index contributed by atoms with van der Waals surface area (Å²) in [6, 6.07) is 3.60. The number of hydrogen-bond acceptors (Lipinski definition) is 4. The molecule has 0 spiro atoms. The lowest BCUT2D eigenvalue weighted by Gasteiger charge is -2.15. The average molecular weight is 218 g/mol. The molecule has 1 aromatic heterocycles. The molecule has 4 nitrogen and oxygen atoms in total. The van der Waals surface area contributed by atoms with Crippen LogP contribution in [0.4, 0.5) is 0 Å². The maximum atomic E-state index is 10.8. The minimum Gasteiger partial charge on any atom is -0.459 e. The molecule has 4 heteroatoms. The van der Waals surface area contributed by atoms with Crippen LogP contribution in [0.5, 0.6) is 0 Å². The molecule has 84 valence electrons. The lowest BCUT2D eigenvalue weighted by molar-refractivity contribution is -0.133. The summed E-state index contributed by atoms with van der Waals surface area (Å²) in [6.45, 7) is 6.16. The van der Waals surface area contributed by atoms with Gasteiger partial charge in [-0.3, -0.25) is 0 Å². The minimum atomic E-state index is -0.582. The second-order valence-corrected chi connectivity index (χ2v) is 4.30. The van der Waals surface area contributed by atoms with Gasteiger partial charge in [0.2, 0.25) is 0 Å². The molecule has 1 rings (SSSR count). The van der Waals surface area contributed by atoms with Gasteiger partial charge in [0, 0.05) is 11.3 Å². The molecular weight excluding hydrogens is 204 g/mol. The molecule has 0 aliphatic carbocycles.